The van der Waals surface area contributed by atoms with Gasteiger partial charge in [-0.2, -0.15) is 5.10 Å². The van der Waals surface area contributed by atoms with Gasteiger partial charge >= 0.3 is 5.97 Å². The molecule has 2 rings (SSSR count). The number of hydrogen-bond donors (Lipinski definition) is 1. The van der Waals surface area contributed by atoms with Gasteiger partial charge in [-0.3, -0.25) is 4.79 Å². The van der Waals surface area contributed by atoms with Crippen LogP contribution >= 0.6 is 15.9 Å². The van der Waals surface area contributed by atoms with Crippen LogP contribution in [0.2, 0.25) is 0 Å². The first kappa shape index (κ1) is 12.0. The SMILES string of the molecule is CC(C)C(C(=O)O)c1nc2ccc(Br)cn2n1. The minimum Gasteiger partial charge on any atom is -0.481 e. The maximum Gasteiger partial charge on any atom is 0.314 e. The van der Waals surface area contributed by atoms with Gasteiger partial charge in [-0.25, -0.2) is 9.50 Å². The predicted octanol–water partition coefficient (Wildman–Crippen LogP) is 2.32. The molecule has 0 bridgehead atoms. The zero-order valence-electron chi connectivity index (χ0n) is 9.46. The predicted molar refractivity (Wildman–Crippen MR) is 65.9 cm³/mol. The Labute approximate surface area is 107 Å². The van der Waals surface area contributed by atoms with Crippen LogP contribution in [0.4, 0.5) is 0 Å². The van der Waals surface area contributed by atoms with Crippen molar-refractivity contribution >= 4 is 27.5 Å². The van der Waals surface area contributed by atoms with E-state index in [1.165, 1.54) is 0 Å². The minimum absolute atomic E-state index is 0.0478. The average Bonchev–Trinajstić information content (AvgIpc) is 2.58. The fourth-order valence-electron chi connectivity index (χ4n) is 1.70. The number of rotatable bonds is 3. The highest BCUT2D eigenvalue weighted by Gasteiger charge is 2.27. The fourth-order valence-corrected chi connectivity index (χ4v) is 2.03. The number of carboxylic acid groups (broad SMARTS) is 1. The number of carbonyl (C=O) groups is 1. The molecule has 5 nitrogen and oxygen atoms in total. The molecule has 0 fully saturated rings. The van der Waals surface area contributed by atoms with Crippen LogP contribution in [0.25, 0.3) is 5.65 Å². The maximum absolute atomic E-state index is 11.2. The Morgan fingerprint density at radius 1 is 1.47 bits per heavy atom. The Morgan fingerprint density at radius 3 is 2.76 bits per heavy atom. The summed E-state index contributed by atoms with van der Waals surface area (Å²) in [6.07, 6.45) is 1.76. The molecular formula is C11H12BrN3O2. The Kier molecular flexibility index (Phi) is 3.15. The van der Waals surface area contributed by atoms with E-state index in [9.17, 15) is 9.90 Å². The molecule has 2 heterocycles. The first-order valence-electron chi connectivity index (χ1n) is 5.23. The van der Waals surface area contributed by atoms with Gasteiger partial charge in [0.2, 0.25) is 0 Å². The van der Waals surface area contributed by atoms with Crippen molar-refractivity contribution in [3.05, 3.63) is 28.6 Å². The molecule has 6 heteroatoms. The number of carboxylic acids is 1. The van der Waals surface area contributed by atoms with E-state index in [-0.39, 0.29) is 5.92 Å². The largest absolute Gasteiger partial charge is 0.481 e. The summed E-state index contributed by atoms with van der Waals surface area (Å²) in [6, 6.07) is 3.64. The lowest BCUT2D eigenvalue weighted by Crippen LogP contribution is -2.19. The molecule has 2 aromatic heterocycles. The second kappa shape index (κ2) is 4.44. The van der Waals surface area contributed by atoms with Gasteiger partial charge in [0.25, 0.3) is 0 Å². The van der Waals surface area contributed by atoms with Crippen molar-refractivity contribution in [2.24, 2.45) is 5.92 Å². The lowest BCUT2D eigenvalue weighted by Gasteiger charge is -2.11. The summed E-state index contributed by atoms with van der Waals surface area (Å²) >= 11 is 3.33. The zero-order valence-corrected chi connectivity index (χ0v) is 11.0. The van der Waals surface area contributed by atoms with Gasteiger partial charge in [0, 0.05) is 10.7 Å². The lowest BCUT2D eigenvalue weighted by atomic mass is 9.95. The van der Waals surface area contributed by atoms with Crippen LogP contribution < -0.4 is 0 Å². The maximum atomic E-state index is 11.2. The topological polar surface area (TPSA) is 67.5 Å². The van der Waals surface area contributed by atoms with Crippen LogP contribution in [0.5, 0.6) is 0 Å². The van der Waals surface area contributed by atoms with Gasteiger partial charge in [-0.1, -0.05) is 13.8 Å². The quantitative estimate of drug-likeness (QED) is 0.944. The van der Waals surface area contributed by atoms with Crippen molar-refractivity contribution in [2.75, 3.05) is 0 Å². The summed E-state index contributed by atoms with van der Waals surface area (Å²) in [5, 5.41) is 13.4. The highest BCUT2D eigenvalue weighted by atomic mass is 79.9. The third-order valence-electron chi connectivity index (χ3n) is 2.52. The van der Waals surface area contributed by atoms with Crippen molar-refractivity contribution in [1.29, 1.82) is 0 Å². The van der Waals surface area contributed by atoms with E-state index >= 15 is 0 Å². The van der Waals surface area contributed by atoms with E-state index < -0.39 is 11.9 Å². The molecule has 0 saturated carbocycles. The van der Waals surface area contributed by atoms with E-state index in [4.69, 9.17) is 0 Å². The van der Waals surface area contributed by atoms with E-state index in [1.807, 2.05) is 19.9 Å². The zero-order chi connectivity index (χ0) is 12.6. The second-order valence-corrected chi connectivity index (χ2v) is 5.10. The molecule has 1 atom stereocenters. The molecule has 1 unspecified atom stereocenters. The summed E-state index contributed by atoms with van der Waals surface area (Å²) in [4.78, 5) is 15.4. The number of fused-ring (bicyclic) bond motifs is 1. The highest BCUT2D eigenvalue weighted by molar-refractivity contribution is 9.10. The summed E-state index contributed by atoms with van der Waals surface area (Å²) in [6.45, 7) is 3.70. The summed E-state index contributed by atoms with van der Waals surface area (Å²) in [7, 11) is 0. The van der Waals surface area contributed by atoms with Gasteiger partial charge in [-0.05, 0) is 34.0 Å². The molecule has 90 valence electrons. The van der Waals surface area contributed by atoms with Crippen LogP contribution in [0.15, 0.2) is 22.8 Å². The van der Waals surface area contributed by atoms with Gasteiger partial charge in [0.05, 0.1) is 0 Å². The minimum atomic E-state index is -0.894. The number of halogens is 1. The number of aliphatic carboxylic acids is 1. The Morgan fingerprint density at radius 2 is 2.18 bits per heavy atom. The second-order valence-electron chi connectivity index (χ2n) is 4.18. The van der Waals surface area contributed by atoms with Crippen LogP contribution in [-0.4, -0.2) is 25.7 Å². The molecule has 0 aliphatic carbocycles. The van der Waals surface area contributed by atoms with Crippen LogP contribution in [0.1, 0.15) is 25.6 Å². The molecule has 2 aromatic rings. The monoisotopic (exact) mass is 297 g/mol. The highest BCUT2D eigenvalue weighted by Crippen LogP contribution is 2.22. The summed E-state index contributed by atoms with van der Waals surface area (Å²) < 4.78 is 2.45. The molecule has 1 N–H and O–H groups in total. The van der Waals surface area contributed by atoms with Crippen molar-refractivity contribution < 1.29 is 9.90 Å². The molecule has 0 aromatic carbocycles. The standard InChI is InChI=1S/C11H12BrN3O2/c1-6(2)9(11(16)17)10-13-8-4-3-7(12)5-15(8)14-10/h3-6,9H,1-2H3,(H,16,17). The number of nitrogens with zero attached hydrogens (tertiary/aromatic N) is 3. The van der Waals surface area contributed by atoms with Crippen molar-refractivity contribution in [2.45, 2.75) is 19.8 Å². The lowest BCUT2D eigenvalue weighted by molar-refractivity contribution is -0.140. The molecule has 0 radical (unpaired) electrons. The van der Waals surface area contributed by atoms with E-state index in [0.29, 0.717) is 11.5 Å². The Bertz CT molecular complexity index is 565. The first-order valence-corrected chi connectivity index (χ1v) is 6.03. The summed E-state index contributed by atoms with van der Waals surface area (Å²) in [5.74, 6) is -1.26. The molecular weight excluding hydrogens is 286 g/mol. The Balaban J connectivity index is 2.51. The van der Waals surface area contributed by atoms with Crippen LogP contribution in [0.3, 0.4) is 0 Å². The summed E-state index contributed by atoms with van der Waals surface area (Å²) in [5.41, 5.74) is 0.648. The van der Waals surface area contributed by atoms with E-state index in [1.54, 1.807) is 16.8 Å². The Hall–Kier alpha value is -1.43. The van der Waals surface area contributed by atoms with Gasteiger partial charge in [0.1, 0.15) is 5.92 Å². The molecule has 0 spiro atoms. The van der Waals surface area contributed by atoms with Crippen molar-refractivity contribution in [3.8, 4) is 0 Å². The smallest absolute Gasteiger partial charge is 0.314 e. The third-order valence-corrected chi connectivity index (χ3v) is 2.99. The molecule has 0 amide bonds. The van der Waals surface area contributed by atoms with Gasteiger partial charge in [0.15, 0.2) is 11.5 Å². The number of pyridine rings is 1. The molecule has 0 saturated heterocycles. The molecule has 0 aliphatic rings. The van der Waals surface area contributed by atoms with Crippen LogP contribution in [0, 0.1) is 5.92 Å². The van der Waals surface area contributed by atoms with Gasteiger partial charge < -0.3 is 5.11 Å². The number of aromatic nitrogens is 3. The molecule has 17 heavy (non-hydrogen) atoms. The van der Waals surface area contributed by atoms with E-state index in [2.05, 4.69) is 26.0 Å². The van der Waals surface area contributed by atoms with E-state index in [0.717, 1.165) is 4.47 Å². The van der Waals surface area contributed by atoms with Crippen LogP contribution in [-0.2, 0) is 4.79 Å². The van der Waals surface area contributed by atoms with Crippen molar-refractivity contribution in [1.82, 2.24) is 14.6 Å². The normalized spacial score (nSPS) is 13.2. The average molecular weight is 298 g/mol. The fraction of sp³-hybridized carbons (Fsp3) is 0.364. The molecule has 0 aliphatic heterocycles. The first-order chi connectivity index (χ1) is 7.99. The van der Waals surface area contributed by atoms with Gasteiger partial charge in [-0.15, -0.1) is 0 Å². The third kappa shape index (κ3) is 2.31. The van der Waals surface area contributed by atoms with Crippen molar-refractivity contribution in [3.63, 3.8) is 0 Å². The number of hydrogen-bond acceptors (Lipinski definition) is 3.